The molecule has 1 aliphatic heterocycles. The molecule has 1 aliphatic rings. The molecule has 1 amide bonds. The number of nitrogens with one attached hydrogen (secondary N) is 1. The van der Waals surface area contributed by atoms with Crippen LogP contribution in [0.25, 0.3) is 0 Å². The summed E-state index contributed by atoms with van der Waals surface area (Å²) in [5, 5.41) is 2.86. The number of sulfonamides is 2. The van der Waals surface area contributed by atoms with Crippen LogP contribution in [0, 0.1) is 0 Å². The summed E-state index contributed by atoms with van der Waals surface area (Å²) < 4.78 is 58.5. The summed E-state index contributed by atoms with van der Waals surface area (Å²) in [4.78, 5) is 13.1. The maximum atomic E-state index is 13.0. The lowest BCUT2D eigenvalue weighted by molar-refractivity contribution is -0.116. The molecule has 2 aromatic carbocycles. The lowest BCUT2D eigenvalue weighted by atomic mass is 10.2. The number of hydrogen-bond donors (Lipinski definition) is 1. The van der Waals surface area contributed by atoms with Gasteiger partial charge in [-0.3, -0.25) is 9.10 Å². The van der Waals surface area contributed by atoms with E-state index in [1.807, 2.05) is 0 Å². The summed E-state index contributed by atoms with van der Waals surface area (Å²) in [5.41, 5.74) is 0.553. The molecule has 1 atom stereocenters. The van der Waals surface area contributed by atoms with Gasteiger partial charge in [0.05, 0.1) is 29.0 Å². The van der Waals surface area contributed by atoms with E-state index in [1.165, 1.54) is 60.8 Å². The molecule has 192 valence electrons. The van der Waals surface area contributed by atoms with E-state index in [0.717, 1.165) is 36.2 Å². The van der Waals surface area contributed by atoms with Crippen LogP contribution in [0.3, 0.4) is 0 Å². The van der Waals surface area contributed by atoms with Gasteiger partial charge in [-0.2, -0.15) is 4.31 Å². The number of halogens is 1. The van der Waals surface area contributed by atoms with Crippen molar-refractivity contribution in [1.29, 1.82) is 0 Å². The Hall–Kier alpha value is -2.34. The number of carbonyl (C=O) groups is 1. The second kappa shape index (κ2) is 11.2. The van der Waals surface area contributed by atoms with E-state index in [-0.39, 0.29) is 15.6 Å². The maximum Gasteiger partial charge on any atom is 0.247 e. The molecule has 0 aliphatic carbocycles. The SMILES string of the molecule is COc1ccc(N([C@@H](C)C(=O)Nc2ccc(S(=O)(=O)N3CCCCCC3)cc2)S(C)(=O)=O)cc1Cl. The molecule has 3 rings (SSSR count). The average Bonchev–Trinajstić information content (AvgIpc) is 3.09. The molecule has 12 heteroatoms. The van der Waals surface area contributed by atoms with Crippen LogP contribution in [-0.2, 0) is 24.8 Å². The maximum absolute atomic E-state index is 13.0. The van der Waals surface area contributed by atoms with Crippen molar-refractivity contribution in [2.24, 2.45) is 0 Å². The Balaban J connectivity index is 1.78. The van der Waals surface area contributed by atoms with E-state index in [1.54, 1.807) is 0 Å². The van der Waals surface area contributed by atoms with Crippen LogP contribution in [0.5, 0.6) is 5.75 Å². The fourth-order valence-electron chi connectivity index (χ4n) is 3.99. The van der Waals surface area contributed by atoms with E-state index in [9.17, 15) is 21.6 Å². The van der Waals surface area contributed by atoms with Crippen LogP contribution in [0.15, 0.2) is 47.4 Å². The number of carbonyl (C=O) groups excluding carboxylic acids is 1. The van der Waals surface area contributed by atoms with Gasteiger partial charge in [0.1, 0.15) is 11.8 Å². The third kappa shape index (κ3) is 6.46. The highest BCUT2D eigenvalue weighted by Gasteiger charge is 2.30. The highest BCUT2D eigenvalue weighted by Crippen LogP contribution is 2.31. The van der Waals surface area contributed by atoms with Gasteiger partial charge in [-0.25, -0.2) is 16.8 Å². The Bertz CT molecular complexity index is 1260. The van der Waals surface area contributed by atoms with Crippen molar-refractivity contribution in [2.45, 2.75) is 43.5 Å². The molecule has 0 bridgehead atoms. The number of rotatable bonds is 8. The highest BCUT2D eigenvalue weighted by molar-refractivity contribution is 7.92. The standard InChI is InChI=1S/C23H30ClN3O6S2/c1-17(27(34(3,29)30)19-10-13-22(33-2)21(24)16-19)23(28)25-18-8-11-20(12-9-18)35(31,32)26-14-6-4-5-7-15-26/h8-13,16-17H,4-7,14-15H2,1-3H3,(H,25,28)/t17-/m0/s1. The first-order valence-electron chi connectivity index (χ1n) is 11.2. The third-order valence-corrected chi connectivity index (χ3v) is 9.25. The average molecular weight is 544 g/mol. The fourth-order valence-corrected chi connectivity index (χ4v) is 6.92. The predicted octanol–water partition coefficient (Wildman–Crippen LogP) is 3.71. The zero-order valence-corrected chi connectivity index (χ0v) is 22.3. The van der Waals surface area contributed by atoms with Crippen molar-refractivity contribution < 1.29 is 26.4 Å². The van der Waals surface area contributed by atoms with Crippen molar-refractivity contribution in [3.8, 4) is 5.75 Å². The van der Waals surface area contributed by atoms with E-state index >= 15 is 0 Å². The minimum Gasteiger partial charge on any atom is -0.495 e. The second-order valence-electron chi connectivity index (χ2n) is 8.39. The Morgan fingerprint density at radius 3 is 2.14 bits per heavy atom. The minimum atomic E-state index is -3.84. The number of ether oxygens (including phenoxy) is 1. The van der Waals surface area contributed by atoms with Gasteiger partial charge in [0.15, 0.2) is 0 Å². The largest absolute Gasteiger partial charge is 0.495 e. The first-order valence-corrected chi connectivity index (χ1v) is 14.9. The summed E-state index contributed by atoms with van der Waals surface area (Å²) in [5.74, 6) is -0.221. The summed E-state index contributed by atoms with van der Waals surface area (Å²) in [6, 6.07) is 9.18. The van der Waals surface area contributed by atoms with E-state index in [2.05, 4.69) is 5.32 Å². The molecule has 0 spiro atoms. The molecule has 0 saturated carbocycles. The van der Waals surface area contributed by atoms with Crippen molar-refractivity contribution in [3.63, 3.8) is 0 Å². The quantitative estimate of drug-likeness (QED) is 0.543. The third-order valence-electron chi connectivity index (χ3n) is 5.80. The van der Waals surface area contributed by atoms with Crippen LogP contribution in [0.4, 0.5) is 11.4 Å². The number of nitrogens with zero attached hydrogens (tertiary/aromatic N) is 2. The van der Waals surface area contributed by atoms with Gasteiger partial charge >= 0.3 is 0 Å². The van der Waals surface area contributed by atoms with Crippen LogP contribution in [-0.4, -0.2) is 59.5 Å². The lowest BCUT2D eigenvalue weighted by Crippen LogP contribution is -2.45. The fraction of sp³-hybridized carbons (Fsp3) is 0.435. The molecule has 0 radical (unpaired) electrons. The van der Waals surface area contributed by atoms with Crippen molar-refractivity contribution in [2.75, 3.05) is 36.1 Å². The molecule has 35 heavy (non-hydrogen) atoms. The van der Waals surface area contributed by atoms with Crippen molar-refractivity contribution in [3.05, 3.63) is 47.5 Å². The number of hydrogen-bond acceptors (Lipinski definition) is 6. The Morgan fingerprint density at radius 1 is 1.03 bits per heavy atom. The van der Waals surface area contributed by atoms with E-state index < -0.39 is 32.0 Å². The Kier molecular flexibility index (Phi) is 8.68. The Morgan fingerprint density at radius 2 is 1.63 bits per heavy atom. The molecular formula is C23H30ClN3O6S2. The molecule has 1 fully saturated rings. The smallest absolute Gasteiger partial charge is 0.247 e. The molecule has 0 unspecified atom stereocenters. The molecule has 2 aromatic rings. The lowest BCUT2D eigenvalue weighted by Gasteiger charge is -2.28. The van der Waals surface area contributed by atoms with Crippen molar-refractivity contribution >= 4 is 48.9 Å². The first kappa shape index (κ1) is 27.3. The van der Waals surface area contributed by atoms with Crippen LogP contribution in [0.1, 0.15) is 32.6 Å². The molecule has 1 heterocycles. The number of amides is 1. The zero-order valence-electron chi connectivity index (χ0n) is 19.9. The molecule has 9 nitrogen and oxygen atoms in total. The second-order valence-corrected chi connectivity index (χ2v) is 12.6. The van der Waals surface area contributed by atoms with Crippen LogP contribution < -0.4 is 14.4 Å². The summed E-state index contributed by atoms with van der Waals surface area (Å²) in [6.45, 7) is 2.44. The zero-order chi connectivity index (χ0) is 25.8. The number of anilines is 2. The number of benzene rings is 2. The van der Waals surface area contributed by atoms with Gasteiger partial charge in [0.2, 0.25) is 26.0 Å². The summed E-state index contributed by atoms with van der Waals surface area (Å²) in [7, 11) is -6.02. The van der Waals surface area contributed by atoms with Crippen LogP contribution in [0.2, 0.25) is 5.02 Å². The van der Waals surface area contributed by atoms with Gasteiger partial charge in [-0.15, -0.1) is 0 Å². The van der Waals surface area contributed by atoms with Gasteiger partial charge in [0.25, 0.3) is 0 Å². The van der Waals surface area contributed by atoms with Gasteiger partial charge in [-0.05, 0) is 62.2 Å². The molecule has 1 saturated heterocycles. The topological polar surface area (TPSA) is 113 Å². The van der Waals surface area contributed by atoms with Gasteiger partial charge < -0.3 is 10.1 Å². The summed E-state index contributed by atoms with van der Waals surface area (Å²) in [6.07, 6.45) is 4.70. The van der Waals surface area contributed by atoms with Gasteiger partial charge in [-0.1, -0.05) is 24.4 Å². The summed E-state index contributed by atoms with van der Waals surface area (Å²) >= 11 is 6.15. The molecular weight excluding hydrogens is 514 g/mol. The van der Waals surface area contributed by atoms with E-state index in [4.69, 9.17) is 16.3 Å². The monoisotopic (exact) mass is 543 g/mol. The van der Waals surface area contributed by atoms with Crippen molar-refractivity contribution in [1.82, 2.24) is 4.31 Å². The predicted molar refractivity (Wildman–Crippen MR) is 137 cm³/mol. The molecule has 0 aromatic heterocycles. The normalized spacial score (nSPS) is 16.2. The highest BCUT2D eigenvalue weighted by atomic mass is 35.5. The van der Waals surface area contributed by atoms with E-state index in [0.29, 0.717) is 24.5 Å². The van der Waals surface area contributed by atoms with Crippen LogP contribution >= 0.6 is 11.6 Å². The Labute approximate surface area is 212 Å². The first-order chi connectivity index (χ1) is 16.4. The minimum absolute atomic E-state index is 0.149. The van der Waals surface area contributed by atoms with Gasteiger partial charge in [0, 0.05) is 18.8 Å². The number of methoxy groups -OCH3 is 1. The molecule has 1 N–H and O–H groups in total.